The van der Waals surface area contributed by atoms with Crippen molar-refractivity contribution in [1.29, 1.82) is 0 Å². The van der Waals surface area contributed by atoms with Gasteiger partial charge in [0.2, 0.25) is 5.91 Å². The number of aromatic nitrogens is 2. The van der Waals surface area contributed by atoms with Crippen molar-refractivity contribution < 1.29 is 9.72 Å². The van der Waals surface area contributed by atoms with Crippen LogP contribution in [0.4, 0.5) is 17.2 Å². The fourth-order valence-electron chi connectivity index (χ4n) is 1.78. The third-order valence-electron chi connectivity index (χ3n) is 2.74. The number of benzene rings is 1. The largest absolute Gasteiger partial charge is 0.379 e. The molecule has 1 heterocycles. The quantitative estimate of drug-likeness (QED) is 0.556. The van der Waals surface area contributed by atoms with Gasteiger partial charge in [0.05, 0.1) is 4.92 Å². The van der Waals surface area contributed by atoms with Gasteiger partial charge in [0.25, 0.3) is 5.69 Å². The second-order valence-electron chi connectivity index (χ2n) is 4.44. The van der Waals surface area contributed by atoms with E-state index in [9.17, 15) is 14.9 Å². The number of hydrogen-bond donors (Lipinski definition) is 3. The molecule has 8 nitrogen and oxygen atoms in total. The Balaban J connectivity index is 1.84. The predicted molar refractivity (Wildman–Crippen MR) is 78.2 cm³/mol. The number of rotatable bonds is 6. The minimum Gasteiger partial charge on any atom is -0.379 e. The molecule has 0 aliphatic rings. The number of carbonyl (C=O) groups is 1. The van der Waals surface area contributed by atoms with Crippen LogP contribution in [0.1, 0.15) is 12.1 Å². The van der Waals surface area contributed by atoms with E-state index >= 15 is 0 Å². The summed E-state index contributed by atoms with van der Waals surface area (Å²) >= 11 is 0. The van der Waals surface area contributed by atoms with Crippen molar-refractivity contribution in [2.75, 3.05) is 17.2 Å². The van der Waals surface area contributed by atoms with E-state index in [0.29, 0.717) is 18.1 Å². The van der Waals surface area contributed by atoms with Gasteiger partial charge in [-0.15, -0.1) is 0 Å². The Morgan fingerprint density at radius 1 is 1.43 bits per heavy atom. The lowest BCUT2D eigenvalue weighted by Gasteiger charge is -2.06. The van der Waals surface area contributed by atoms with Crippen molar-refractivity contribution in [2.45, 2.75) is 13.3 Å². The summed E-state index contributed by atoms with van der Waals surface area (Å²) in [6.07, 6.45) is 0.179. The van der Waals surface area contributed by atoms with Crippen LogP contribution in [0, 0.1) is 17.0 Å². The Labute approximate surface area is 120 Å². The van der Waals surface area contributed by atoms with Crippen LogP contribution in [0.2, 0.25) is 0 Å². The van der Waals surface area contributed by atoms with Crippen molar-refractivity contribution in [2.24, 2.45) is 0 Å². The van der Waals surface area contributed by atoms with Crippen LogP contribution in [-0.4, -0.2) is 27.6 Å². The van der Waals surface area contributed by atoms with Crippen LogP contribution in [0.15, 0.2) is 30.3 Å². The molecule has 110 valence electrons. The molecule has 3 N–H and O–H groups in total. The lowest BCUT2D eigenvalue weighted by atomic mass is 10.2. The molecule has 2 rings (SSSR count). The highest BCUT2D eigenvalue weighted by atomic mass is 16.6. The number of nitro groups is 1. The first-order chi connectivity index (χ1) is 10.1. The Morgan fingerprint density at radius 2 is 2.19 bits per heavy atom. The van der Waals surface area contributed by atoms with Crippen LogP contribution >= 0.6 is 0 Å². The summed E-state index contributed by atoms with van der Waals surface area (Å²) in [5.41, 5.74) is 1.23. The Kier molecular flexibility index (Phi) is 4.50. The molecule has 0 saturated carbocycles. The minimum atomic E-state index is -0.463. The fourth-order valence-corrected chi connectivity index (χ4v) is 1.78. The summed E-state index contributed by atoms with van der Waals surface area (Å²) in [6, 6.07) is 8.02. The smallest absolute Gasteiger partial charge is 0.292 e. The number of anilines is 2. The molecule has 0 radical (unpaired) electrons. The zero-order valence-electron chi connectivity index (χ0n) is 11.4. The number of H-pyrrole nitrogens is 1. The highest BCUT2D eigenvalue weighted by Gasteiger charge is 2.12. The van der Waals surface area contributed by atoms with E-state index in [1.54, 1.807) is 24.3 Å². The summed E-state index contributed by atoms with van der Waals surface area (Å²) in [6.45, 7) is 2.12. The predicted octanol–water partition coefficient (Wildman–Crippen LogP) is 2.07. The number of carbonyl (C=O) groups excluding carboxylic acids is 1. The molecule has 0 spiro atoms. The van der Waals surface area contributed by atoms with Crippen molar-refractivity contribution in [3.63, 3.8) is 0 Å². The molecule has 0 fully saturated rings. The average molecular weight is 289 g/mol. The van der Waals surface area contributed by atoms with Crippen LogP contribution in [-0.2, 0) is 4.79 Å². The summed E-state index contributed by atoms with van der Waals surface area (Å²) in [4.78, 5) is 22.1. The van der Waals surface area contributed by atoms with Crippen molar-refractivity contribution in [1.82, 2.24) is 10.2 Å². The summed E-state index contributed by atoms with van der Waals surface area (Å²) in [7, 11) is 0. The average Bonchev–Trinajstić information content (AvgIpc) is 2.84. The molecule has 0 saturated heterocycles. The third-order valence-corrected chi connectivity index (χ3v) is 2.74. The van der Waals surface area contributed by atoms with Crippen LogP contribution in [0.3, 0.4) is 0 Å². The molecule has 0 unspecified atom stereocenters. The second-order valence-corrected chi connectivity index (χ2v) is 4.44. The number of hydrogen-bond acceptors (Lipinski definition) is 5. The van der Waals surface area contributed by atoms with E-state index in [0.717, 1.165) is 5.69 Å². The summed E-state index contributed by atoms with van der Waals surface area (Å²) < 4.78 is 0. The van der Waals surface area contributed by atoms with E-state index < -0.39 is 4.92 Å². The number of amides is 1. The van der Waals surface area contributed by atoms with Gasteiger partial charge in [-0.25, -0.2) is 0 Å². The Morgan fingerprint density at radius 3 is 2.86 bits per heavy atom. The number of nitrogens with zero attached hydrogens (tertiary/aromatic N) is 2. The highest BCUT2D eigenvalue weighted by molar-refractivity contribution is 5.90. The Bertz CT molecular complexity index is 653. The zero-order chi connectivity index (χ0) is 15.2. The number of aryl methyl sites for hydroxylation is 1. The van der Waals surface area contributed by atoms with Gasteiger partial charge < -0.3 is 10.6 Å². The van der Waals surface area contributed by atoms with Gasteiger partial charge >= 0.3 is 0 Å². The zero-order valence-corrected chi connectivity index (χ0v) is 11.4. The van der Waals surface area contributed by atoms with E-state index in [4.69, 9.17) is 0 Å². The van der Waals surface area contributed by atoms with Gasteiger partial charge in [-0.05, 0) is 13.0 Å². The Hall–Kier alpha value is -2.90. The molecule has 21 heavy (non-hydrogen) atoms. The molecule has 8 heteroatoms. The van der Waals surface area contributed by atoms with Crippen molar-refractivity contribution >= 4 is 23.1 Å². The van der Waals surface area contributed by atoms with Crippen molar-refractivity contribution in [3.05, 3.63) is 46.1 Å². The van der Waals surface area contributed by atoms with Gasteiger partial charge in [-0.3, -0.25) is 20.0 Å². The SMILES string of the molecule is Cc1cc(NC(=O)CCNc2ccccc2[N+](=O)[O-])n[nH]1. The standard InChI is InChI=1S/C13H15N5O3/c1-9-8-12(17-16-9)15-13(19)6-7-14-10-4-2-3-5-11(10)18(20)21/h2-5,8,14H,6-7H2,1H3,(H2,15,16,17,19). The fraction of sp³-hybridized carbons (Fsp3) is 0.231. The topological polar surface area (TPSA) is 113 Å². The van der Waals surface area contributed by atoms with E-state index in [1.165, 1.54) is 6.07 Å². The molecular formula is C13H15N5O3. The molecule has 2 aromatic rings. The maximum Gasteiger partial charge on any atom is 0.292 e. The maximum absolute atomic E-state index is 11.7. The van der Waals surface area contributed by atoms with E-state index in [1.807, 2.05) is 6.92 Å². The first-order valence-electron chi connectivity index (χ1n) is 6.35. The second kappa shape index (κ2) is 6.51. The number of nitro benzene ring substituents is 1. The molecule has 0 bridgehead atoms. The van der Waals surface area contributed by atoms with Gasteiger partial charge in [-0.1, -0.05) is 12.1 Å². The molecule has 1 aromatic heterocycles. The minimum absolute atomic E-state index is 0.0131. The molecule has 0 aliphatic heterocycles. The molecule has 0 aliphatic carbocycles. The normalized spacial score (nSPS) is 10.1. The van der Waals surface area contributed by atoms with Gasteiger partial charge in [0.15, 0.2) is 5.82 Å². The highest BCUT2D eigenvalue weighted by Crippen LogP contribution is 2.22. The molecule has 1 amide bonds. The van der Waals surface area contributed by atoms with Gasteiger partial charge in [-0.2, -0.15) is 5.10 Å². The molecular weight excluding hydrogens is 274 g/mol. The van der Waals surface area contributed by atoms with Gasteiger partial charge in [0.1, 0.15) is 5.69 Å². The van der Waals surface area contributed by atoms with Crippen LogP contribution in [0.5, 0.6) is 0 Å². The number of para-hydroxylation sites is 2. The molecule has 0 atom stereocenters. The lowest BCUT2D eigenvalue weighted by molar-refractivity contribution is -0.384. The van der Waals surface area contributed by atoms with E-state index in [2.05, 4.69) is 20.8 Å². The monoisotopic (exact) mass is 289 g/mol. The first-order valence-corrected chi connectivity index (χ1v) is 6.35. The van der Waals surface area contributed by atoms with Crippen LogP contribution in [0.25, 0.3) is 0 Å². The summed E-state index contributed by atoms with van der Waals surface area (Å²) in [5, 5.41) is 23.0. The molecule has 1 aromatic carbocycles. The van der Waals surface area contributed by atoms with Gasteiger partial charge in [0, 0.05) is 30.8 Å². The summed E-state index contributed by atoms with van der Waals surface area (Å²) in [5.74, 6) is 0.246. The maximum atomic E-state index is 11.7. The lowest BCUT2D eigenvalue weighted by Crippen LogP contribution is -2.16. The first kappa shape index (κ1) is 14.5. The van der Waals surface area contributed by atoms with Crippen LogP contribution < -0.4 is 10.6 Å². The van der Waals surface area contributed by atoms with E-state index in [-0.39, 0.29) is 18.0 Å². The third kappa shape index (κ3) is 4.03. The number of aromatic amines is 1. The number of nitrogens with one attached hydrogen (secondary N) is 3. The van der Waals surface area contributed by atoms with Crippen molar-refractivity contribution in [3.8, 4) is 0 Å².